The van der Waals surface area contributed by atoms with Crippen LogP contribution in [0.15, 0.2) is 0 Å². The maximum absolute atomic E-state index is 11.5. The van der Waals surface area contributed by atoms with E-state index in [2.05, 4.69) is 5.32 Å². The number of hydrogen-bond donors (Lipinski definition) is 2. The van der Waals surface area contributed by atoms with Crippen LogP contribution in [0.1, 0.15) is 13.3 Å². The molecule has 0 aliphatic rings. The molecule has 0 saturated carbocycles. The molecular formula is C12H24N2O5. The summed E-state index contributed by atoms with van der Waals surface area (Å²) in [5.41, 5.74) is 0. The molecule has 0 rings (SSSR count). The summed E-state index contributed by atoms with van der Waals surface area (Å²) >= 11 is 0. The zero-order chi connectivity index (χ0) is 14.7. The zero-order valence-corrected chi connectivity index (χ0v) is 11.8. The lowest BCUT2D eigenvalue weighted by Crippen LogP contribution is -2.40. The third-order valence-corrected chi connectivity index (χ3v) is 2.27. The normalized spacial score (nSPS) is 12.3. The second-order valence-electron chi connectivity index (χ2n) is 4.20. The van der Waals surface area contributed by atoms with Crippen LogP contribution in [-0.2, 0) is 19.1 Å². The van der Waals surface area contributed by atoms with Gasteiger partial charge in [0.2, 0.25) is 5.91 Å². The van der Waals surface area contributed by atoms with E-state index in [1.807, 2.05) is 0 Å². The molecule has 7 heteroatoms. The van der Waals surface area contributed by atoms with Gasteiger partial charge in [-0.3, -0.25) is 14.5 Å². The van der Waals surface area contributed by atoms with Gasteiger partial charge in [-0.1, -0.05) is 0 Å². The summed E-state index contributed by atoms with van der Waals surface area (Å²) in [4.78, 5) is 24.2. The minimum Gasteiger partial charge on any atom is -0.466 e. The summed E-state index contributed by atoms with van der Waals surface area (Å²) in [5.74, 6) is -0.587. The molecule has 0 aromatic heterocycles. The Morgan fingerprint density at radius 3 is 2.68 bits per heavy atom. The molecule has 1 atom stereocenters. The Morgan fingerprint density at radius 2 is 2.11 bits per heavy atom. The lowest BCUT2D eigenvalue weighted by molar-refractivity contribution is -0.145. The van der Waals surface area contributed by atoms with Crippen molar-refractivity contribution in [3.8, 4) is 0 Å². The summed E-state index contributed by atoms with van der Waals surface area (Å²) < 4.78 is 9.54. The molecule has 0 saturated heterocycles. The van der Waals surface area contributed by atoms with Crippen molar-refractivity contribution in [2.24, 2.45) is 0 Å². The number of aliphatic hydroxyl groups is 1. The Morgan fingerprint density at radius 1 is 1.42 bits per heavy atom. The molecule has 0 bridgehead atoms. The van der Waals surface area contributed by atoms with E-state index in [1.165, 1.54) is 0 Å². The van der Waals surface area contributed by atoms with Gasteiger partial charge in [-0.05, 0) is 14.0 Å². The Kier molecular flexibility index (Phi) is 10.1. The predicted molar refractivity (Wildman–Crippen MR) is 69.6 cm³/mol. The smallest absolute Gasteiger partial charge is 0.308 e. The van der Waals surface area contributed by atoms with Crippen molar-refractivity contribution in [2.75, 3.05) is 47.0 Å². The SMILES string of the molecule is CCOC(=O)CC(O)CN(C)CC(=O)NCCOC. The van der Waals surface area contributed by atoms with Crippen molar-refractivity contribution >= 4 is 11.9 Å². The van der Waals surface area contributed by atoms with Crippen molar-refractivity contribution in [2.45, 2.75) is 19.4 Å². The van der Waals surface area contributed by atoms with Gasteiger partial charge in [0.05, 0.1) is 32.3 Å². The minimum absolute atomic E-state index is 0.0660. The van der Waals surface area contributed by atoms with Gasteiger partial charge < -0.3 is 19.9 Å². The Hall–Kier alpha value is -1.18. The summed E-state index contributed by atoms with van der Waals surface area (Å²) in [6, 6.07) is 0. The number of nitrogens with one attached hydrogen (secondary N) is 1. The number of likely N-dealkylation sites (N-methyl/N-ethyl adjacent to an activating group) is 1. The average molecular weight is 276 g/mol. The average Bonchev–Trinajstić information content (AvgIpc) is 2.28. The van der Waals surface area contributed by atoms with Crippen molar-refractivity contribution < 1.29 is 24.2 Å². The fourth-order valence-corrected chi connectivity index (χ4v) is 1.49. The molecule has 0 aliphatic heterocycles. The number of nitrogens with zero attached hydrogens (tertiary/aromatic N) is 1. The summed E-state index contributed by atoms with van der Waals surface area (Å²) in [7, 11) is 3.26. The zero-order valence-electron chi connectivity index (χ0n) is 11.8. The van der Waals surface area contributed by atoms with Gasteiger partial charge in [-0.2, -0.15) is 0 Å². The summed E-state index contributed by atoms with van der Waals surface area (Å²) in [6.45, 7) is 3.31. The number of methoxy groups -OCH3 is 1. The van der Waals surface area contributed by atoms with Crippen LogP contribution in [0.25, 0.3) is 0 Å². The number of esters is 1. The van der Waals surface area contributed by atoms with Crippen LogP contribution in [0.2, 0.25) is 0 Å². The number of hydrogen-bond acceptors (Lipinski definition) is 6. The van der Waals surface area contributed by atoms with Crippen molar-refractivity contribution in [3.05, 3.63) is 0 Å². The Balaban J connectivity index is 3.80. The van der Waals surface area contributed by atoms with Crippen LogP contribution in [0.3, 0.4) is 0 Å². The monoisotopic (exact) mass is 276 g/mol. The van der Waals surface area contributed by atoms with E-state index in [-0.39, 0.29) is 25.4 Å². The molecule has 0 aromatic carbocycles. The molecule has 0 spiro atoms. The predicted octanol–water partition coefficient (Wildman–Crippen LogP) is -1.01. The first kappa shape index (κ1) is 17.8. The van der Waals surface area contributed by atoms with Crippen LogP contribution in [0.5, 0.6) is 0 Å². The highest BCUT2D eigenvalue weighted by Crippen LogP contribution is 1.97. The highest BCUT2D eigenvalue weighted by atomic mass is 16.5. The fraction of sp³-hybridized carbons (Fsp3) is 0.833. The number of carbonyl (C=O) groups excluding carboxylic acids is 2. The first-order chi connectivity index (χ1) is 8.99. The highest BCUT2D eigenvalue weighted by Gasteiger charge is 2.15. The number of carbonyl (C=O) groups is 2. The molecule has 112 valence electrons. The molecular weight excluding hydrogens is 252 g/mol. The Bertz CT molecular complexity index is 273. The van der Waals surface area contributed by atoms with Gasteiger partial charge in [0, 0.05) is 20.2 Å². The molecule has 0 aliphatic carbocycles. The topological polar surface area (TPSA) is 88.1 Å². The molecule has 1 unspecified atom stereocenters. The maximum Gasteiger partial charge on any atom is 0.308 e. The van der Waals surface area contributed by atoms with E-state index in [9.17, 15) is 14.7 Å². The lowest BCUT2D eigenvalue weighted by atomic mass is 10.2. The van der Waals surface area contributed by atoms with Crippen molar-refractivity contribution in [1.82, 2.24) is 10.2 Å². The molecule has 0 fully saturated rings. The van der Waals surface area contributed by atoms with Crippen LogP contribution in [-0.4, -0.2) is 75.0 Å². The Labute approximate surface area is 113 Å². The minimum atomic E-state index is -0.837. The molecule has 1 amide bonds. The molecule has 2 N–H and O–H groups in total. The van der Waals surface area contributed by atoms with E-state index in [0.717, 1.165) is 0 Å². The number of aliphatic hydroxyl groups excluding tert-OH is 1. The van der Waals surface area contributed by atoms with Crippen LogP contribution >= 0.6 is 0 Å². The number of amides is 1. The first-order valence-corrected chi connectivity index (χ1v) is 6.27. The molecule has 19 heavy (non-hydrogen) atoms. The summed E-state index contributed by atoms with van der Waals surface area (Å²) in [6.07, 6.45) is -0.903. The second-order valence-corrected chi connectivity index (χ2v) is 4.20. The number of ether oxygens (including phenoxy) is 2. The third-order valence-electron chi connectivity index (χ3n) is 2.27. The van der Waals surface area contributed by atoms with Crippen LogP contribution < -0.4 is 5.32 Å². The third kappa shape index (κ3) is 10.4. The van der Waals surface area contributed by atoms with Crippen molar-refractivity contribution in [1.29, 1.82) is 0 Å². The maximum atomic E-state index is 11.5. The highest BCUT2D eigenvalue weighted by molar-refractivity contribution is 5.77. The van der Waals surface area contributed by atoms with E-state index in [0.29, 0.717) is 19.8 Å². The van der Waals surface area contributed by atoms with Crippen molar-refractivity contribution in [3.63, 3.8) is 0 Å². The van der Waals surface area contributed by atoms with E-state index in [4.69, 9.17) is 9.47 Å². The summed E-state index contributed by atoms with van der Waals surface area (Å²) in [5, 5.41) is 12.3. The van der Waals surface area contributed by atoms with Gasteiger partial charge in [0.1, 0.15) is 0 Å². The van der Waals surface area contributed by atoms with Crippen LogP contribution in [0.4, 0.5) is 0 Å². The molecule has 0 radical (unpaired) electrons. The van der Waals surface area contributed by atoms with E-state index < -0.39 is 12.1 Å². The van der Waals surface area contributed by atoms with Gasteiger partial charge in [-0.15, -0.1) is 0 Å². The lowest BCUT2D eigenvalue weighted by Gasteiger charge is -2.19. The molecule has 7 nitrogen and oxygen atoms in total. The quantitative estimate of drug-likeness (QED) is 0.393. The largest absolute Gasteiger partial charge is 0.466 e. The molecule has 0 aromatic rings. The standard InChI is InChI=1S/C12H24N2O5/c1-4-19-12(17)7-10(15)8-14(2)9-11(16)13-5-6-18-3/h10,15H,4-9H2,1-3H3,(H,13,16). The second kappa shape index (κ2) is 10.7. The van der Waals surface area contributed by atoms with Gasteiger partial charge in [0.15, 0.2) is 0 Å². The van der Waals surface area contributed by atoms with Gasteiger partial charge in [0.25, 0.3) is 0 Å². The molecule has 0 heterocycles. The van der Waals surface area contributed by atoms with Gasteiger partial charge in [-0.25, -0.2) is 0 Å². The first-order valence-electron chi connectivity index (χ1n) is 6.27. The van der Waals surface area contributed by atoms with Crippen LogP contribution in [0, 0.1) is 0 Å². The van der Waals surface area contributed by atoms with E-state index in [1.54, 1.807) is 26.0 Å². The van der Waals surface area contributed by atoms with Gasteiger partial charge >= 0.3 is 5.97 Å². The number of rotatable bonds is 10. The fourth-order valence-electron chi connectivity index (χ4n) is 1.49. The van der Waals surface area contributed by atoms with E-state index >= 15 is 0 Å².